The monoisotopic (exact) mass is 476 g/mol. The molecular weight excluding hydrogens is 443 g/mol. The van der Waals surface area contributed by atoms with Crippen LogP contribution in [0.1, 0.15) is 45.2 Å². The summed E-state index contributed by atoms with van der Waals surface area (Å²) in [5.41, 5.74) is 8.42. The van der Waals surface area contributed by atoms with Crippen LogP contribution in [0.4, 0.5) is 21.5 Å². The van der Waals surface area contributed by atoms with Gasteiger partial charge in [-0.25, -0.2) is 4.39 Å². The van der Waals surface area contributed by atoms with Crippen molar-refractivity contribution < 1.29 is 4.39 Å². The van der Waals surface area contributed by atoms with Gasteiger partial charge in [0.1, 0.15) is 5.82 Å². The largest absolute Gasteiger partial charge is 0.311 e. The van der Waals surface area contributed by atoms with Crippen molar-refractivity contribution >= 4 is 28.5 Å². The van der Waals surface area contributed by atoms with E-state index in [1.54, 1.807) is 0 Å². The lowest BCUT2D eigenvalue weighted by Gasteiger charge is -2.25. The van der Waals surface area contributed by atoms with Crippen LogP contribution in [-0.4, -0.2) is 5.71 Å². The first-order chi connectivity index (χ1) is 17.5. The minimum atomic E-state index is -0.239. The highest BCUT2D eigenvalue weighted by atomic mass is 19.1. The van der Waals surface area contributed by atoms with E-state index < -0.39 is 0 Å². The summed E-state index contributed by atoms with van der Waals surface area (Å²) in [6.45, 7) is 8.55. The van der Waals surface area contributed by atoms with Crippen molar-refractivity contribution in [2.75, 3.05) is 4.90 Å². The standard InChI is InChI=1S/C33H33FN2/c1-5-25(4)33(27-16-20-28(34)21-17-27)35-32(24(2)3)26-18-22-31(23-19-26)36(29-12-8-6-9-13-29)30-14-10-7-11-15-30/h6-24H,5H2,1-4H3/b33-25+,35-32?. The number of nitrogens with zero attached hydrogens (tertiary/aromatic N) is 2. The van der Waals surface area contributed by atoms with Crippen LogP contribution in [0.3, 0.4) is 0 Å². The van der Waals surface area contributed by atoms with E-state index in [4.69, 9.17) is 4.99 Å². The van der Waals surface area contributed by atoms with Crippen molar-refractivity contribution in [2.45, 2.75) is 34.1 Å². The number of hydrogen-bond acceptors (Lipinski definition) is 2. The Balaban J connectivity index is 1.76. The van der Waals surface area contributed by atoms with Crippen LogP contribution in [0, 0.1) is 11.7 Å². The Morgan fingerprint density at radius 3 is 1.64 bits per heavy atom. The minimum absolute atomic E-state index is 0.218. The van der Waals surface area contributed by atoms with Crippen molar-refractivity contribution in [1.82, 2.24) is 0 Å². The molecule has 0 aliphatic carbocycles. The van der Waals surface area contributed by atoms with Gasteiger partial charge >= 0.3 is 0 Å². The zero-order valence-electron chi connectivity index (χ0n) is 21.4. The first-order valence-electron chi connectivity index (χ1n) is 12.5. The SMILES string of the molecule is CC/C(C)=C(/N=C(c1ccc(N(c2ccccc2)c2ccccc2)cc1)C(C)C)c1ccc(F)cc1. The molecule has 182 valence electrons. The molecule has 0 unspecified atom stereocenters. The van der Waals surface area contributed by atoms with E-state index in [0.29, 0.717) is 0 Å². The Labute approximate surface area is 214 Å². The van der Waals surface area contributed by atoms with Gasteiger partial charge in [-0.2, -0.15) is 0 Å². The number of anilines is 3. The van der Waals surface area contributed by atoms with Crippen molar-refractivity contribution in [1.29, 1.82) is 0 Å². The lowest BCUT2D eigenvalue weighted by atomic mass is 9.98. The number of aliphatic imine (C=N–C) groups is 1. The summed E-state index contributed by atoms with van der Waals surface area (Å²) in [6, 6.07) is 36.0. The van der Waals surface area contributed by atoms with Crippen LogP contribution < -0.4 is 4.90 Å². The molecule has 0 aliphatic heterocycles. The van der Waals surface area contributed by atoms with E-state index in [1.807, 2.05) is 24.3 Å². The van der Waals surface area contributed by atoms with Crippen LogP contribution in [-0.2, 0) is 0 Å². The summed E-state index contributed by atoms with van der Waals surface area (Å²) in [5, 5.41) is 0. The van der Waals surface area contributed by atoms with Crippen LogP contribution >= 0.6 is 0 Å². The molecule has 0 bridgehead atoms. The Morgan fingerprint density at radius 2 is 1.17 bits per heavy atom. The first kappa shape index (κ1) is 25.1. The predicted molar refractivity (Wildman–Crippen MR) is 152 cm³/mol. The van der Waals surface area contributed by atoms with E-state index in [0.717, 1.165) is 46.0 Å². The van der Waals surface area contributed by atoms with Gasteiger partial charge < -0.3 is 4.90 Å². The average molecular weight is 477 g/mol. The second kappa shape index (κ2) is 11.6. The molecule has 2 nitrogen and oxygen atoms in total. The maximum atomic E-state index is 13.6. The molecule has 0 aliphatic rings. The Kier molecular flexibility index (Phi) is 8.12. The van der Waals surface area contributed by atoms with Crippen molar-refractivity contribution in [3.05, 3.63) is 132 Å². The van der Waals surface area contributed by atoms with Gasteiger partial charge in [-0.05, 0) is 91.1 Å². The molecule has 0 saturated carbocycles. The molecule has 0 fully saturated rings. The number of halogens is 1. The quantitative estimate of drug-likeness (QED) is 0.231. The third kappa shape index (κ3) is 5.80. The first-order valence-corrected chi connectivity index (χ1v) is 12.5. The zero-order valence-corrected chi connectivity index (χ0v) is 21.4. The fourth-order valence-corrected chi connectivity index (χ4v) is 4.21. The normalized spacial score (nSPS) is 12.4. The maximum absolute atomic E-state index is 13.6. The van der Waals surface area contributed by atoms with Gasteiger partial charge in [0.2, 0.25) is 0 Å². The molecule has 4 aromatic rings. The van der Waals surface area contributed by atoms with Crippen LogP contribution in [0.25, 0.3) is 5.70 Å². The maximum Gasteiger partial charge on any atom is 0.123 e. The third-order valence-electron chi connectivity index (χ3n) is 6.28. The lowest BCUT2D eigenvalue weighted by Crippen LogP contribution is -2.12. The number of hydrogen-bond donors (Lipinski definition) is 0. The highest BCUT2D eigenvalue weighted by Crippen LogP contribution is 2.34. The van der Waals surface area contributed by atoms with Gasteiger partial charge in [0.25, 0.3) is 0 Å². The zero-order chi connectivity index (χ0) is 25.5. The summed E-state index contributed by atoms with van der Waals surface area (Å²) in [6.07, 6.45) is 0.879. The second-order valence-electron chi connectivity index (χ2n) is 9.19. The fraction of sp³-hybridized carbons (Fsp3) is 0.182. The van der Waals surface area contributed by atoms with Crippen LogP contribution in [0.5, 0.6) is 0 Å². The summed E-state index contributed by atoms with van der Waals surface area (Å²) in [5.74, 6) is -0.0207. The van der Waals surface area contributed by atoms with Gasteiger partial charge in [-0.15, -0.1) is 0 Å². The molecule has 0 heterocycles. The summed E-state index contributed by atoms with van der Waals surface area (Å²) >= 11 is 0. The molecule has 36 heavy (non-hydrogen) atoms. The molecule has 4 aromatic carbocycles. The van der Waals surface area contributed by atoms with Crippen LogP contribution in [0.15, 0.2) is 120 Å². The van der Waals surface area contributed by atoms with E-state index in [9.17, 15) is 4.39 Å². The van der Waals surface area contributed by atoms with E-state index in [2.05, 4.69) is 105 Å². The Hall–Kier alpha value is -3.98. The van der Waals surface area contributed by atoms with Gasteiger partial charge in [0, 0.05) is 22.6 Å². The van der Waals surface area contributed by atoms with E-state index >= 15 is 0 Å². The molecular formula is C33H33FN2. The molecule has 0 N–H and O–H groups in total. The molecule has 0 atom stereocenters. The topological polar surface area (TPSA) is 15.6 Å². The Morgan fingerprint density at radius 1 is 0.694 bits per heavy atom. The number of rotatable bonds is 8. The summed E-state index contributed by atoms with van der Waals surface area (Å²) < 4.78 is 13.6. The van der Waals surface area contributed by atoms with Crippen molar-refractivity contribution in [3.8, 4) is 0 Å². The number of para-hydroxylation sites is 2. The summed E-state index contributed by atoms with van der Waals surface area (Å²) in [4.78, 5) is 7.42. The van der Waals surface area contributed by atoms with Crippen molar-refractivity contribution in [2.24, 2.45) is 10.9 Å². The summed E-state index contributed by atoms with van der Waals surface area (Å²) in [7, 11) is 0. The van der Waals surface area contributed by atoms with E-state index in [1.165, 1.54) is 17.7 Å². The van der Waals surface area contributed by atoms with Gasteiger partial charge in [0.15, 0.2) is 0 Å². The predicted octanol–water partition coefficient (Wildman–Crippen LogP) is 9.58. The second-order valence-corrected chi connectivity index (χ2v) is 9.19. The number of benzene rings is 4. The molecule has 4 rings (SSSR count). The van der Waals surface area contributed by atoms with Crippen molar-refractivity contribution in [3.63, 3.8) is 0 Å². The molecule has 0 radical (unpaired) electrons. The molecule has 0 amide bonds. The average Bonchev–Trinajstić information content (AvgIpc) is 2.91. The minimum Gasteiger partial charge on any atom is -0.311 e. The molecule has 0 saturated heterocycles. The van der Waals surface area contributed by atoms with Crippen LogP contribution in [0.2, 0.25) is 0 Å². The van der Waals surface area contributed by atoms with Gasteiger partial charge in [0.05, 0.1) is 11.4 Å². The number of allylic oxidation sites excluding steroid dienone is 1. The lowest BCUT2D eigenvalue weighted by molar-refractivity contribution is 0.627. The van der Waals surface area contributed by atoms with E-state index in [-0.39, 0.29) is 11.7 Å². The third-order valence-corrected chi connectivity index (χ3v) is 6.28. The highest BCUT2D eigenvalue weighted by Gasteiger charge is 2.15. The Bertz CT molecular complexity index is 1280. The smallest absolute Gasteiger partial charge is 0.123 e. The van der Waals surface area contributed by atoms with Gasteiger partial charge in [-0.1, -0.05) is 69.3 Å². The highest BCUT2D eigenvalue weighted by molar-refractivity contribution is 6.05. The van der Waals surface area contributed by atoms with Gasteiger partial charge in [-0.3, -0.25) is 4.99 Å². The molecule has 0 aromatic heterocycles. The molecule has 3 heteroatoms. The fourth-order valence-electron chi connectivity index (χ4n) is 4.21. The molecule has 0 spiro atoms.